The summed E-state index contributed by atoms with van der Waals surface area (Å²) in [4.78, 5) is 4.67. The summed E-state index contributed by atoms with van der Waals surface area (Å²) in [6.07, 6.45) is 1.02. The molecule has 1 unspecified atom stereocenters. The summed E-state index contributed by atoms with van der Waals surface area (Å²) < 4.78 is 8.29. The number of para-hydroxylation sites is 1. The van der Waals surface area contributed by atoms with Crippen LogP contribution in [0.5, 0.6) is 5.75 Å². The van der Waals surface area contributed by atoms with Gasteiger partial charge in [0, 0.05) is 42.3 Å². The normalized spacial score (nSPS) is 16.5. The zero-order chi connectivity index (χ0) is 21.8. The predicted octanol–water partition coefficient (Wildman–Crippen LogP) is 5.11. The van der Waals surface area contributed by atoms with Gasteiger partial charge in [-0.2, -0.15) is 5.10 Å². The summed E-state index contributed by atoms with van der Waals surface area (Å²) in [5, 5.41) is 5.62. The van der Waals surface area contributed by atoms with Crippen LogP contribution in [0.2, 0.25) is 5.02 Å². The highest BCUT2D eigenvalue weighted by Crippen LogP contribution is 2.29. The molecule has 2 aromatic carbocycles. The second kappa shape index (κ2) is 9.86. The predicted molar refractivity (Wildman–Crippen MR) is 127 cm³/mol. The number of aromatic nitrogens is 2. The molecule has 1 aliphatic rings. The number of rotatable bonds is 8. The van der Waals surface area contributed by atoms with Crippen LogP contribution in [-0.4, -0.2) is 53.4 Å². The van der Waals surface area contributed by atoms with Crippen molar-refractivity contribution in [3.05, 3.63) is 70.9 Å². The summed E-state index contributed by atoms with van der Waals surface area (Å²) in [6.45, 7) is 6.71. The van der Waals surface area contributed by atoms with E-state index in [1.54, 1.807) is 0 Å². The minimum atomic E-state index is 0.318. The Morgan fingerprint density at radius 2 is 1.90 bits per heavy atom. The first-order valence-corrected chi connectivity index (χ1v) is 11.3. The molecule has 4 rings (SSSR count). The minimum absolute atomic E-state index is 0.318. The van der Waals surface area contributed by atoms with E-state index in [1.165, 1.54) is 11.3 Å². The number of hydrogen-bond acceptors (Lipinski definition) is 4. The third kappa shape index (κ3) is 5.48. The lowest BCUT2D eigenvalue weighted by atomic mass is 10.1. The molecule has 0 radical (unpaired) electrons. The van der Waals surface area contributed by atoms with Crippen LogP contribution in [0.25, 0.3) is 11.3 Å². The maximum Gasteiger partial charge on any atom is 0.123 e. The van der Waals surface area contributed by atoms with E-state index < -0.39 is 0 Å². The fourth-order valence-corrected chi connectivity index (χ4v) is 4.26. The standard InChI is InChI=1S/C25H31ClN4O/c1-19-16-29(17-21-7-4-5-8-25(21)31-14-6-13-28(2)3)18-23-15-24(27-30(19)23)20-9-11-22(26)12-10-20/h4-5,7-12,15,19H,6,13-14,16-18H2,1-3H3. The molecule has 0 aliphatic carbocycles. The number of nitrogens with zero attached hydrogens (tertiary/aromatic N) is 4. The van der Waals surface area contributed by atoms with Crippen molar-refractivity contribution in [2.24, 2.45) is 0 Å². The van der Waals surface area contributed by atoms with Crippen LogP contribution in [0.4, 0.5) is 0 Å². The summed E-state index contributed by atoms with van der Waals surface area (Å²) >= 11 is 6.04. The van der Waals surface area contributed by atoms with Gasteiger partial charge >= 0.3 is 0 Å². The first kappa shape index (κ1) is 21.9. The maximum atomic E-state index is 6.12. The molecular formula is C25H31ClN4O. The third-order valence-corrected chi connectivity index (χ3v) is 5.90. The second-order valence-corrected chi connectivity index (χ2v) is 9.04. The van der Waals surface area contributed by atoms with E-state index in [0.717, 1.165) is 61.2 Å². The number of hydrogen-bond donors (Lipinski definition) is 0. The number of benzene rings is 2. The molecule has 0 saturated heterocycles. The Bertz CT molecular complexity index is 999. The van der Waals surface area contributed by atoms with E-state index in [4.69, 9.17) is 21.4 Å². The molecule has 1 atom stereocenters. The lowest BCUT2D eigenvalue weighted by Gasteiger charge is -2.32. The van der Waals surface area contributed by atoms with Gasteiger partial charge in [-0.15, -0.1) is 0 Å². The quantitative estimate of drug-likeness (QED) is 0.457. The van der Waals surface area contributed by atoms with Crippen LogP contribution < -0.4 is 4.74 Å². The molecule has 0 bridgehead atoms. The van der Waals surface area contributed by atoms with Crippen molar-refractivity contribution in [1.29, 1.82) is 0 Å². The zero-order valence-corrected chi connectivity index (χ0v) is 19.3. The van der Waals surface area contributed by atoms with E-state index >= 15 is 0 Å². The van der Waals surface area contributed by atoms with Crippen molar-refractivity contribution in [1.82, 2.24) is 19.6 Å². The highest BCUT2D eigenvalue weighted by atomic mass is 35.5. The van der Waals surface area contributed by atoms with Crippen LogP contribution in [-0.2, 0) is 13.1 Å². The van der Waals surface area contributed by atoms with Gasteiger partial charge in [0.15, 0.2) is 0 Å². The molecule has 2 heterocycles. The summed E-state index contributed by atoms with van der Waals surface area (Å²) in [6, 6.07) is 18.8. The van der Waals surface area contributed by atoms with Crippen molar-refractivity contribution < 1.29 is 4.74 Å². The average Bonchev–Trinajstić information content (AvgIpc) is 3.17. The van der Waals surface area contributed by atoms with Gasteiger partial charge in [-0.3, -0.25) is 9.58 Å². The molecular weight excluding hydrogens is 408 g/mol. The Balaban J connectivity index is 1.45. The van der Waals surface area contributed by atoms with Crippen molar-refractivity contribution in [2.45, 2.75) is 32.5 Å². The van der Waals surface area contributed by atoms with Gasteiger partial charge in [0.05, 0.1) is 24.0 Å². The third-order valence-electron chi connectivity index (χ3n) is 5.65. The van der Waals surface area contributed by atoms with Gasteiger partial charge in [-0.05, 0) is 51.7 Å². The molecule has 164 valence electrons. The Kier molecular flexibility index (Phi) is 6.96. The molecule has 1 aliphatic heterocycles. The molecule has 31 heavy (non-hydrogen) atoms. The van der Waals surface area contributed by atoms with Crippen molar-refractivity contribution in [3.63, 3.8) is 0 Å². The monoisotopic (exact) mass is 438 g/mol. The number of halogens is 1. The summed E-state index contributed by atoms with van der Waals surface area (Å²) in [5.41, 5.74) is 4.59. The fourth-order valence-electron chi connectivity index (χ4n) is 4.14. The largest absolute Gasteiger partial charge is 0.493 e. The molecule has 0 amide bonds. The first-order chi connectivity index (χ1) is 15.0. The second-order valence-electron chi connectivity index (χ2n) is 8.60. The molecule has 6 heteroatoms. The van der Waals surface area contributed by atoms with Crippen LogP contribution >= 0.6 is 11.6 Å². The lowest BCUT2D eigenvalue weighted by Crippen LogP contribution is -2.36. The molecule has 5 nitrogen and oxygen atoms in total. The van der Waals surface area contributed by atoms with Gasteiger partial charge < -0.3 is 9.64 Å². The van der Waals surface area contributed by atoms with Gasteiger partial charge in [-0.25, -0.2) is 0 Å². The van der Waals surface area contributed by atoms with E-state index in [1.807, 2.05) is 24.3 Å². The fraction of sp³-hybridized carbons (Fsp3) is 0.400. The van der Waals surface area contributed by atoms with Gasteiger partial charge in [0.25, 0.3) is 0 Å². The summed E-state index contributed by atoms with van der Waals surface area (Å²) in [7, 11) is 4.18. The van der Waals surface area contributed by atoms with Crippen molar-refractivity contribution >= 4 is 11.6 Å². The lowest BCUT2D eigenvalue weighted by molar-refractivity contribution is 0.172. The van der Waals surface area contributed by atoms with Crippen LogP contribution in [0.15, 0.2) is 54.6 Å². The van der Waals surface area contributed by atoms with Crippen LogP contribution in [0, 0.1) is 0 Å². The topological polar surface area (TPSA) is 33.5 Å². The molecule has 0 saturated carbocycles. The van der Waals surface area contributed by atoms with E-state index in [9.17, 15) is 0 Å². The maximum absolute atomic E-state index is 6.12. The van der Waals surface area contributed by atoms with E-state index in [-0.39, 0.29) is 0 Å². The highest BCUT2D eigenvalue weighted by Gasteiger charge is 2.25. The minimum Gasteiger partial charge on any atom is -0.493 e. The highest BCUT2D eigenvalue weighted by molar-refractivity contribution is 6.30. The molecule has 0 N–H and O–H groups in total. The Morgan fingerprint density at radius 1 is 1.13 bits per heavy atom. The molecule has 0 spiro atoms. The van der Waals surface area contributed by atoms with Gasteiger partial charge in [0.2, 0.25) is 0 Å². The average molecular weight is 439 g/mol. The van der Waals surface area contributed by atoms with E-state index in [0.29, 0.717) is 6.04 Å². The summed E-state index contributed by atoms with van der Waals surface area (Å²) in [5.74, 6) is 0.995. The van der Waals surface area contributed by atoms with Crippen molar-refractivity contribution in [3.8, 4) is 17.0 Å². The van der Waals surface area contributed by atoms with Crippen LogP contribution in [0.1, 0.15) is 30.6 Å². The molecule has 1 aromatic heterocycles. The van der Waals surface area contributed by atoms with Crippen molar-refractivity contribution in [2.75, 3.05) is 33.8 Å². The number of ether oxygens (including phenoxy) is 1. The smallest absolute Gasteiger partial charge is 0.123 e. The zero-order valence-electron chi connectivity index (χ0n) is 18.6. The van der Waals surface area contributed by atoms with Crippen LogP contribution in [0.3, 0.4) is 0 Å². The Labute approximate surface area is 190 Å². The number of fused-ring (bicyclic) bond motifs is 1. The molecule has 0 fully saturated rings. The molecule has 3 aromatic rings. The van der Waals surface area contributed by atoms with Gasteiger partial charge in [0.1, 0.15) is 5.75 Å². The SMILES string of the molecule is CC1CN(Cc2ccccc2OCCCN(C)C)Cc2cc(-c3ccc(Cl)cc3)nn21. The Morgan fingerprint density at radius 3 is 2.68 bits per heavy atom. The van der Waals surface area contributed by atoms with Gasteiger partial charge in [-0.1, -0.05) is 41.9 Å². The Hall–Kier alpha value is -2.34. The van der Waals surface area contributed by atoms with E-state index in [2.05, 4.69) is 65.8 Å². The first-order valence-electron chi connectivity index (χ1n) is 10.9.